The standard InChI is InChI=1S/C12H21NO4/c1-11(2,3)17-10(16)13-7-5-4-6-12(13,8-14)9-15/h8,15H,4-7,9H2,1-3H3. The highest BCUT2D eigenvalue weighted by molar-refractivity contribution is 5.77. The van der Waals surface area contributed by atoms with E-state index in [2.05, 4.69) is 0 Å². The van der Waals surface area contributed by atoms with Gasteiger partial charge in [0.2, 0.25) is 0 Å². The van der Waals surface area contributed by atoms with E-state index in [0.717, 1.165) is 12.8 Å². The van der Waals surface area contributed by atoms with Gasteiger partial charge in [0, 0.05) is 6.54 Å². The van der Waals surface area contributed by atoms with Crippen LogP contribution in [0.25, 0.3) is 0 Å². The van der Waals surface area contributed by atoms with E-state index in [9.17, 15) is 14.7 Å². The van der Waals surface area contributed by atoms with Crippen LogP contribution in [0.4, 0.5) is 4.79 Å². The molecule has 1 unspecified atom stereocenters. The summed E-state index contributed by atoms with van der Waals surface area (Å²) in [5.41, 5.74) is -1.70. The average molecular weight is 243 g/mol. The number of carbonyl (C=O) groups is 2. The molecule has 0 aromatic carbocycles. The van der Waals surface area contributed by atoms with Gasteiger partial charge in [0.1, 0.15) is 17.4 Å². The maximum absolute atomic E-state index is 12.0. The van der Waals surface area contributed by atoms with Gasteiger partial charge in [0.25, 0.3) is 0 Å². The van der Waals surface area contributed by atoms with Crippen LogP contribution in [0.5, 0.6) is 0 Å². The molecule has 1 fully saturated rings. The van der Waals surface area contributed by atoms with Crippen LogP contribution >= 0.6 is 0 Å². The SMILES string of the molecule is CC(C)(C)OC(=O)N1CCCCC1(C=O)CO. The Kier molecular flexibility index (Phi) is 4.14. The normalized spacial score (nSPS) is 25.5. The van der Waals surface area contributed by atoms with Crippen LogP contribution in [0.15, 0.2) is 0 Å². The molecule has 1 aliphatic rings. The number of nitrogens with zero attached hydrogens (tertiary/aromatic N) is 1. The highest BCUT2D eigenvalue weighted by Crippen LogP contribution is 2.27. The van der Waals surface area contributed by atoms with Gasteiger partial charge >= 0.3 is 6.09 Å². The number of aliphatic hydroxyl groups excluding tert-OH is 1. The Bertz CT molecular complexity index is 297. The van der Waals surface area contributed by atoms with E-state index in [-0.39, 0.29) is 6.61 Å². The number of likely N-dealkylation sites (tertiary alicyclic amines) is 1. The van der Waals surface area contributed by atoms with Crippen molar-refractivity contribution in [2.75, 3.05) is 13.2 Å². The predicted molar refractivity (Wildman–Crippen MR) is 62.7 cm³/mol. The van der Waals surface area contributed by atoms with Gasteiger partial charge in [-0.3, -0.25) is 4.90 Å². The molecular weight excluding hydrogens is 222 g/mol. The molecule has 1 aliphatic heterocycles. The number of hydrogen-bond acceptors (Lipinski definition) is 4. The first-order valence-corrected chi connectivity index (χ1v) is 5.92. The minimum absolute atomic E-state index is 0.351. The van der Waals surface area contributed by atoms with Crippen LogP contribution in [-0.2, 0) is 9.53 Å². The third-order valence-electron chi connectivity index (χ3n) is 2.89. The Morgan fingerprint density at radius 3 is 2.59 bits per heavy atom. The number of aldehydes is 1. The van der Waals surface area contributed by atoms with Gasteiger partial charge in [-0.2, -0.15) is 0 Å². The molecule has 17 heavy (non-hydrogen) atoms. The molecule has 98 valence electrons. The smallest absolute Gasteiger partial charge is 0.411 e. The first kappa shape index (κ1) is 14.0. The Morgan fingerprint density at radius 2 is 2.12 bits per heavy atom. The Hall–Kier alpha value is -1.10. The number of carbonyl (C=O) groups excluding carboxylic acids is 2. The van der Waals surface area contributed by atoms with E-state index in [1.165, 1.54) is 4.90 Å². The van der Waals surface area contributed by atoms with Crippen molar-refractivity contribution in [2.24, 2.45) is 0 Å². The van der Waals surface area contributed by atoms with Crippen LogP contribution in [0.1, 0.15) is 40.0 Å². The van der Waals surface area contributed by atoms with Crippen LogP contribution in [0.2, 0.25) is 0 Å². The van der Waals surface area contributed by atoms with Crippen molar-refractivity contribution in [2.45, 2.75) is 51.2 Å². The molecule has 0 aromatic rings. The molecule has 0 spiro atoms. The summed E-state index contributed by atoms with van der Waals surface area (Å²) < 4.78 is 5.25. The zero-order chi connectivity index (χ0) is 13.1. The second-order valence-corrected chi connectivity index (χ2v) is 5.47. The fraction of sp³-hybridized carbons (Fsp3) is 0.833. The Balaban J connectivity index is 2.85. The first-order chi connectivity index (χ1) is 7.84. The third-order valence-corrected chi connectivity index (χ3v) is 2.89. The van der Waals surface area contributed by atoms with Crippen molar-refractivity contribution in [1.82, 2.24) is 4.90 Å². The summed E-state index contributed by atoms with van der Waals surface area (Å²) in [6, 6.07) is 0. The topological polar surface area (TPSA) is 66.8 Å². The number of aliphatic hydroxyl groups is 1. The third kappa shape index (κ3) is 3.19. The van der Waals surface area contributed by atoms with Crippen molar-refractivity contribution in [3.8, 4) is 0 Å². The zero-order valence-electron chi connectivity index (χ0n) is 10.7. The van der Waals surface area contributed by atoms with Gasteiger partial charge < -0.3 is 14.6 Å². The summed E-state index contributed by atoms with van der Waals surface area (Å²) in [4.78, 5) is 24.5. The highest BCUT2D eigenvalue weighted by Gasteiger charge is 2.42. The Labute approximate surface area is 102 Å². The lowest BCUT2D eigenvalue weighted by molar-refractivity contribution is -0.124. The molecule has 5 heteroatoms. The van der Waals surface area contributed by atoms with Gasteiger partial charge in [-0.15, -0.1) is 0 Å². The molecule has 0 aromatic heterocycles. The van der Waals surface area contributed by atoms with E-state index in [1.807, 2.05) is 0 Å². The maximum atomic E-state index is 12.0. The van der Waals surface area contributed by atoms with Crippen LogP contribution in [0, 0.1) is 0 Å². The number of hydrogen-bond donors (Lipinski definition) is 1. The summed E-state index contributed by atoms with van der Waals surface area (Å²) in [6.45, 7) is 5.42. The average Bonchev–Trinajstić information content (AvgIpc) is 2.26. The number of rotatable bonds is 2. The van der Waals surface area contributed by atoms with E-state index < -0.39 is 17.2 Å². The molecule has 1 saturated heterocycles. The van der Waals surface area contributed by atoms with E-state index in [1.54, 1.807) is 20.8 Å². The first-order valence-electron chi connectivity index (χ1n) is 5.92. The molecule has 1 atom stereocenters. The molecule has 5 nitrogen and oxygen atoms in total. The van der Waals surface area contributed by atoms with E-state index in [0.29, 0.717) is 19.3 Å². The summed E-state index contributed by atoms with van der Waals surface area (Å²) in [5.74, 6) is 0. The molecule has 0 saturated carbocycles. The molecule has 1 amide bonds. The maximum Gasteiger partial charge on any atom is 0.411 e. The molecule has 1 N–H and O–H groups in total. The summed E-state index contributed by atoms with van der Waals surface area (Å²) in [6.07, 6.45) is 2.29. The highest BCUT2D eigenvalue weighted by atomic mass is 16.6. The predicted octanol–water partition coefficient (Wildman–Crippen LogP) is 1.34. The summed E-state index contributed by atoms with van der Waals surface area (Å²) in [7, 11) is 0. The van der Waals surface area contributed by atoms with Crippen molar-refractivity contribution >= 4 is 12.4 Å². The second-order valence-electron chi connectivity index (χ2n) is 5.47. The lowest BCUT2D eigenvalue weighted by atomic mass is 9.89. The quantitative estimate of drug-likeness (QED) is 0.743. The van der Waals surface area contributed by atoms with Gasteiger partial charge in [-0.1, -0.05) is 0 Å². The number of ether oxygens (including phenoxy) is 1. The lowest BCUT2D eigenvalue weighted by Crippen LogP contribution is -2.59. The minimum Gasteiger partial charge on any atom is -0.444 e. The van der Waals surface area contributed by atoms with Gasteiger partial charge in [-0.25, -0.2) is 4.79 Å². The van der Waals surface area contributed by atoms with Crippen molar-refractivity contribution in [3.63, 3.8) is 0 Å². The van der Waals surface area contributed by atoms with Crippen molar-refractivity contribution in [1.29, 1.82) is 0 Å². The van der Waals surface area contributed by atoms with Crippen LogP contribution in [-0.4, -0.2) is 46.7 Å². The van der Waals surface area contributed by atoms with E-state index in [4.69, 9.17) is 4.74 Å². The van der Waals surface area contributed by atoms with Gasteiger partial charge in [-0.05, 0) is 40.0 Å². The fourth-order valence-electron chi connectivity index (χ4n) is 1.97. The van der Waals surface area contributed by atoms with Crippen LogP contribution in [0.3, 0.4) is 0 Å². The minimum atomic E-state index is -1.10. The summed E-state index contributed by atoms with van der Waals surface area (Å²) >= 11 is 0. The van der Waals surface area contributed by atoms with E-state index >= 15 is 0 Å². The van der Waals surface area contributed by atoms with Crippen molar-refractivity contribution in [3.05, 3.63) is 0 Å². The van der Waals surface area contributed by atoms with Crippen LogP contribution < -0.4 is 0 Å². The number of piperidine rings is 1. The molecule has 1 rings (SSSR count). The molecular formula is C12H21NO4. The number of amides is 1. The monoisotopic (exact) mass is 243 g/mol. The molecule has 0 aliphatic carbocycles. The van der Waals surface area contributed by atoms with Gasteiger partial charge in [0.05, 0.1) is 6.61 Å². The second kappa shape index (κ2) is 5.04. The largest absolute Gasteiger partial charge is 0.444 e. The zero-order valence-corrected chi connectivity index (χ0v) is 10.7. The van der Waals surface area contributed by atoms with Crippen molar-refractivity contribution < 1.29 is 19.4 Å². The Morgan fingerprint density at radius 1 is 1.47 bits per heavy atom. The summed E-state index contributed by atoms with van der Waals surface area (Å²) in [5, 5.41) is 9.38. The fourth-order valence-corrected chi connectivity index (χ4v) is 1.97. The molecule has 0 bridgehead atoms. The molecule has 1 heterocycles. The van der Waals surface area contributed by atoms with Gasteiger partial charge in [0.15, 0.2) is 0 Å². The lowest BCUT2D eigenvalue weighted by Gasteiger charge is -2.42. The molecule has 0 radical (unpaired) electrons.